The van der Waals surface area contributed by atoms with Crippen LogP contribution in [0, 0.1) is 20.8 Å². The molecule has 8 nitrogen and oxygen atoms in total. The van der Waals surface area contributed by atoms with Crippen LogP contribution in [0.5, 0.6) is 0 Å². The molecule has 0 aliphatic heterocycles. The molecule has 2 amide bonds. The number of hydrogen-bond acceptors (Lipinski definition) is 5. The van der Waals surface area contributed by atoms with Gasteiger partial charge in [-0.1, -0.05) is 17.7 Å². The zero-order valence-electron chi connectivity index (χ0n) is 16.0. The lowest BCUT2D eigenvalue weighted by Crippen LogP contribution is -2.32. The van der Waals surface area contributed by atoms with Gasteiger partial charge in [-0.15, -0.1) is 0 Å². The second-order valence-corrected chi connectivity index (χ2v) is 6.78. The van der Waals surface area contributed by atoms with Gasteiger partial charge in [0.15, 0.2) is 5.82 Å². The fraction of sp³-hybridized carbons (Fsp3) is 0.263. The van der Waals surface area contributed by atoms with Gasteiger partial charge in [-0.25, -0.2) is 19.4 Å². The molecule has 0 radical (unpaired) electrons. The fourth-order valence-corrected chi connectivity index (χ4v) is 2.81. The van der Waals surface area contributed by atoms with Gasteiger partial charge in [-0.2, -0.15) is 5.10 Å². The summed E-state index contributed by atoms with van der Waals surface area (Å²) in [6, 6.07) is 8.88. The molecule has 0 aliphatic carbocycles. The minimum absolute atomic E-state index is 0.298. The predicted molar refractivity (Wildman–Crippen MR) is 110 cm³/mol. The highest BCUT2D eigenvalue weighted by Crippen LogP contribution is 2.19. The largest absolute Gasteiger partial charge is 0.368 e. The number of nitrogens with zero attached hydrogens (tertiary/aromatic N) is 4. The fourth-order valence-electron chi connectivity index (χ4n) is 2.63. The van der Waals surface area contributed by atoms with E-state index in [2.05, 4.69) is 31.0 Å². The summed E-state index contributed by atoms with van der Waals surface area (Å²) in [4.78, 5) is 20.4. The van der Waals surface area contributed by atoms with E-state index >= 15 is 0 Å². The van der Waals surface area contributed by atoms with Gasteiger partial charge in [0.1, 0.15) is 12.1 Å². The molecule has 2 heterocycles. The second kappa shape index (κ2) is 8.71. The lowest BCUT2D eigenvalue weighted by atomic mass is 10.2. The van der Waals surface area contributed by atoms with Crippen LogP contribution in [0.4, 0.5) is 16.3 Å². The van der Waals surface area contributed by atoms with Gasteiger partial charge in [0.2, 0.25) is 0 Å². The van der Waals surface area contributed by atoms with Crippen molar-refractivity contribution in [3.8, 4) is 5.82 Å². The zero-order chi connectivity index (χ0) is 20.1. The van der Waals surface area contributed by atoms with Crippen molar-refractivity contribution in [3.05, 3.63) is 58.6 Å². The Balaban J connectivity index is 1.48. The molecule has 9 heteroatoms. The maximum absolute atomic E-state index is 12.0. The van der Waals surface area contributed by atoms with E-state index in [0.717, 1.165) is 17.0 Å². The highest BCUT2D eigenvalue weighted by atomic mass is 35.5. The first-order valence-electron chi connectivity index (χ1n) is 8.83. The van der Waals surface area contributed by atoms with Gasteiger partial charge in [-0.05, 0) is 44.5 Å². The number of rotatable bonds is 6. The molecule has 0 atom stereocenters. The molecule has 0 aliphatic rings. The van der Waals surface area contributed by atoms with Gasteiger partial charge in [-0.3, -0.25) is 0 Å². The van der Waals surface area contributed by atoms with Crippen molar-refractivity contribution >= 4 is 29.1 Å². The van der Waals surface area contributed by atoms with Crippen LogP contribution in [0.25, 0.3) is 5.82 Å². The van der Waals surface area contributed by atoms with Gasteiger partial charge < -0.3 is 16.0 Å². The minimum Gasteiger partial charge on any atom is -0.368 e. The van der Waals surface area contributed by atoms with Crippen molar-refractivity contribution in [1.29, 1.82) is 0 Å². The molecule has 3 rings (SSSR count). The van der Waals surface area contributed by atoms with Crippen molar-refractivity contribution in [2.24, 2.45) is 0 Å². The maximum atomic E-state index is 12.0. The number of halogens is 1. The van der Waals surface area contributed by atoms with E-state index in [1.807, 2.05) is 39.0 Å². The number of hydrogen-bond donors (Lipinski definition) is 3. The number of aromatic nitrogens is 4. The van der Waals surface area contributed by atoms with Crippen LogP contribution in [0.3, 0.4) is 0 Å². The van der Waals surface area contributed by atoms with Crippen molar-refractivity contribution in [2.45, 2.75) is 20.8 Å². The SMILES string of the molecule is Cc1cc(C)n(-c2cc(NCCNC(=O)Nc3ccc(C)c(Cl)c3)ncn2)n1. The van der Waals surface area contributed by atoms with Gasteiger partial charge >= 0.3 is 6.03 Å². The number of nitrogens with one attached hydrogen (secondary N) is 3. The van der Waals surface area contributed by atoms with Crippen molar-refractivity contribution in [3.63, 3.8) is 0 Å². The van der Waals surface area contributed by atoms with Crippen LogP contribution in [0.15, 0.2) is 36.7 Å². The van der Waals surface area contributed by atoms with Crippen molar-refractivity contribution in [2.75, 3.05) is 23.7 Å². The topological polar surface area (TPSA) is 96.8 Å². The van der Waals surface area contributed by atoms with E-state index in [9.17, 15) is 4.79 Å². The molecular weight excluding hydrogens is 378 g/mol. The average Bonchev–Trinajstić information content (AvgIpc) is 3.00. The van der Waals surface area contributed by atoms with Gasteiger partial charge in [0.05, 0.1) is 5.69 Å². The van der Waals surface area contributed by atoms with Crippen LogP contribution in [0.2, 0.25) is 5.02 Å². The molecule has 1 aromatic carbocycles. The van der Waals surface area contributed by atoms with Crippen LogP contribution in [-0.4, -0.2) is 38.9 Å². The lowest BCUT2D eigenvalue weighted by Gasteiger charge is -2.10. The Hall–Kier alpha value is -3.13. The Labute approximate surface area is 168 Å². The number of benzene rings is 1. The summed E-state index contributed by atoms with van der Waals surface area (Å²) < 4.78 is 1.76. The minimum atomic E-state index is -0.298. The molecule has 3 aromatic rings. The summed E-state index contributed by atoms with van der Waals surface area (Å²) in [5.41, 5.74) is 3.53. The molecule has 0 bridgehead atoms. The monoisotopic (exact) mass is 399 g/mol. The van der Waals surface area contributed by atoms with Crippen molar-refractivity contribution < 1.29 is 4.79 Å². The third-order valence-electron chi connectivity index (χ3n) is 4.03. The summed E-state index contributed by atoms with van der Waals surface area (Å²) in [5.74, 6) is 1.34. The van der Waals surface area contributed by atoms with Gasteiger partial charge in [0, 0.05) is 35.6 Å². The zero-order valence-corrected chi connectivity index (χ0v) is 16.7. The summed E-state index contributed by atoms with van der Waals surface area (Å²) in [7, 11) is 0. The normalized spacial score (nSPS) is 10.6. The Morgan fingerprint density at radius 2 is 1.93 bits per heavy atom. The van der Waals surface area contributed by atoms with E-state index < -0.39 is 0 Å². The summed E-state index contributed by atoms with van der Waals surface area (Å²) in [6.07, 6.45) is 1.48. The number of urea groups is 1. The number of carbonyl (C=O) groups is 1. The summed E-state index contributed by atoms with van der Waals surface area (Å²) in [6.45, 7) is 6.75. The molecule has 3 N–H and O–H groups in total. The van der Waals surface area contributed by atoms with Crippen LogP contribution in [0.1, 0.15) is 17.0 Å². The quantitative estimate of drug-likeness (QED) is 0.551. The highest BCUT2D eigenvalue weighted by molar-refractivity contribution is 6.31. The molecule has 0 fully saturated rings. The maximum Gasteiger partial charge on any atom is 0.319 e. The number of carbonyl (C=O) groups excluding carboxylic acids is 1. The number of aryl methyl sites for hydroxylation is 3. The number of anilines is 2. The lowest BCUT2D eigenvalue weighted by molar-refractivity contribution is 0.252. The van der Waals surface area contributed by atoms with Crippen LogP contribution >= 0.6 is 11.6 Å². The second-order valence-electron chi connectivity index (χ2n) is 6.37. The van der Waals surface area contributed by atoms with Gasteiger partial charge in [0.25, 0.3) is 0 Å². The Bertz CT molecular complexity index is 986. The Morgan fingerprint density at radius 3 is 2.64 bits per heavy atom. The van der Waals surface area contributed by atoms with E-state index in [4.69, 9.17) is 11.6 Å². The van der Waals surface area contributed by atoms with E-state index in [-0.39, 0.29) is 6.03 Å². The first-order chi connectivity index (χ1) is 13.4. The summed E-state index contributed by atoms with van der Waals surface area (Å²) >= 11 is 6.06. The molecular formula is C19H22ClN7O. The average molecular weight is 400 g/mol. The molecule has 0 saturated heterocycles. The molecule has 28 heavy (non-hydrogen) atoms. The van der Waals surface area contributed by atoms with Crippen LogP contribution < -0.4 is 16.0 Å². The van der Waals surface area contributed by atoms with Crippen molar-refractivity contribution in [1.82, 2.24) is 25.1 Å². The molecule has 0 saturated carbocycles. The van der Waals surface area contributed by atoms with E-state index in [1.165, 1.54) is 6.33 Å². The Kier molecular flexibility index (Phi) is 6.10. The molecule has 0 spiro atoms. The third-order valence-corrected chi connectivity index (χ3v) is 4.43. The predicted octanol–water partition coefficient (Wildman–Crippen LogP) is 3.47. The third kappa shape index (κ3) is 4.98. The molecule has 2 aromatic heterocycles. The summed E-state index contributed by atoms with van der Waals surface area (Å²) in [5, 5.41) is 13.7. The molecule has 146 valence electrons. The molecule has 0 unspecified atom stereocenters. The number of amides is 2. The first-order valence-corrected chi connectivity index (χ1v) is 9.21. The van der Waals surface area contributed by atoms with Crippen LogP contribution in [-0.2, 0) is 0 Å². The highest BCUT2D eigenvalue weighted by Gasteiger charge is 2.07. The van der Waals surface area contributed by atoms with E-state index in [0.29, 0.717) is 35.4 Å². The standard InChI is InChI=1S/C19H22ClN7O/c1-12-4-5-15(9-16(12)20)25-19(28)22-7-6-21-17-10-18(24-11-23-17)27-14(3)8-13(2)26-27/h4-5,8-11H,6-7H2,1-3H3,(H,21,23,24)(H2,22,25,28). The smallest absolute Gasteiger partial charge is 0.319 e. The van der Waals surface area contributed by atoms with E-state index in [1.54, 1.807) is 16.8 Å². The Morgan fingerprint density at radius 1 is 1.11 bits per heavy atom. The first kappa shape index (κ1) is 19.6.